The number of nitrogens with two attached hydrogens (primary N) is 2. The van der Waals surface area contributed by atoms with E-state index in [1.165, 1.54) is 0 Å². The number of primary sulfonamides is 1. The fourth-order valence-corrected chi connectivity index (χ4v) is 3.99. The maximum absolute atomic E-state index is 13.0. The molecule has 2 amide bonds. The van der Waals surface area contributed by atoms with Gasteiger partial charge in [0.25, 0.3) is 15.9 Å². The van der Waals surface area contributed by atoms with Gasteiger partial charge in [-0.05, 0) is 17.5 Å². The normalized spacial score (nSPS) is 12.2. The van der Waals surface area contributed by atoms with Crippen LogP contribution in [0.2, 0.25) is 0 Å². The van der Waals surface area contributed by atoms with Gasteiger partial charge in [0.1, 0.15) is 6.61 Å². The zero-order valence-corrected chi connectivity index (χ0v) is 17.8. The zero-order chi connectivity index (χ0) is 22.4. The summed E-state index contributed by atoms with van der Waals surface area (Å²) >= 11 is 0.463. The highest BCUT2D eigenvalue weighted by Gasteiger charge is 2.33. The third-order valence-electron chi connectivity index (χ3n) is 4.05. The quantitative estimate of drug-likeness (QED) is 0.500. The second-order valence-corrected chi connectivity index (χ2v) is 9.10. The molecule has 1 heterocycles. The summed E-state index contributed by atoms with van der Waals surface area (Å²) in [6.07, 6.45) is -0.919. The molecule has 2 aromatic carbocycles. The van der Waals surface area contributed by atoms with Crippen molar-refractivity contribution in [3.63, 3.8) is 0 Å². The summed E-state index contributed by atoms with van der Waals surface area (Å²) in [7, 11) is -4.17. The number of imide groups is 1. The first-order valence-corrected chi connectivity index (χ1v) is 11.3. The Kier molecular flexibility index (Phi) is 7.07. The molecule has 12 heteroatoms. The predicted octanol–water partition coefficient (Wildman–Crippen LogP) is 1.43. The van der Waals surface area contributed by atoms with Crippen LogP contribution in [0.25, 0.3) is 0 Å². The Labute approximate surface area is 182 Å². The van der Waals surface area contributed by atoms with Crippen molar-refractivity contribution in [2.24, 2.45) is 10.9 Å². The zero-order valence-electron chi connectivity index (χ0n) is 16.1. The van der Waals surface area contributed by atoms with Gasteiger partial charge in [0.05, 0.1) is 6.04 Å². The summed E-state index contributed by atoms with van der Waals surface area (Å²) in [6.45, 7) is -0.113. The highest BCUT2D eigenvalue weighted by Crippen LogP contribution is 2.25. The predicted molar refractivity (Wildman–Crippen MR) is 114 cm³/mol. The van der Waals surface area contributed by atoms with E-state index < -0.39 is 32.4 Å². The molecule has 162 valence electrons. The van der Waals surface area contributed by atoms with Crippen molar-refractivity contribution in [1.82, 2.24) is 10.2 Å². The molecular formula is C19H19N5O5S2. The Morgan fingerprint density at radius 1 is 1.00 bits per heavy atom. The molecule has 0 aliphatic carbocycles. The molecule has 0 radical (unpaired) electrons. The van der Waals surface area contributed by atoms with Crippen LogP contribution in [0.4, 0.5) is 9.93 Å². The fraction of sp³-hybridized carbons (Fsp3) is 0.158. The van der Waals surface area contributed by atoms with E-state index in [9.17, 15) is 18.0 Å². The molecule has 1 atom stereocenters. The van der Waals surface area contributed by atoms with Gasteiger partial charge in [-0.2, -0.15) is 4.90 Å². The average Bonchev–Trinajstić information content (AvgIpc) is 3.24. The lowest BCUT2D eigenvalue weighted by Crippen LogP contribution is -2.48. The molecule has 0 fully saturated rings. The van der Waals surface area contributed by atoms with Crippen molar-refractivity contribution in [1.29, 1.82) is 0 Å². The molecule has 31 heavy (non-hydrogen) atoms. The number of hydrogen-bond acceptors (Lipinski definition) is 9. The second kappa shape index (κ2) is 9.75. The van der Waals surface area contributed by atoms with Crippen LogP contribution in [0.3, 0.4) is 0 Å². The monoisotopic (exact) mass is 461 g/mol. The van der Waals surface area contributed by atoms with Crippen LogP contribution in [-0.4, -0.2) is 36.7 Å². The molecule has 10 nitrogen and oxygen atoms in total. The summed E-state index contributed by atoms with van der Waals surface area (Å²) < 4.78 is 27.8. The smallest absolute Gasteiger partial charge is 0.423 e. The van der Waals surface area contributed by atoms with Crippen molar-refractivity contribution < 1.29 is 22.7 Å². The van der Waals surface area contributed by atoms with Crippen molar-refractivity contribution >= 4 is 38.5 Å². The van der Waals surface area contributed by atoms with E-state index in [1.807, 2.05) is 6.07 Å². The molecule has 0 unspecified atom stereocenters. The summed E-state index contributed by atoms with van der Waals surface area (Å²) in [4.78, 5) is 26.4. The highest BCUT2D eigenvalue weighted by molar-refractivity contribution is 7.91. The molecule has 0 aliphatic heterocycles. The van der Waals surface area contributed by atoms with Crippen LogP contribution in [0.15, 0.2) is 65.0 Å². The van der Waals surface area contributed by atoms with Crippen LogP contribution in [0.5, 0.6) is 0 Å². The van der Waals surface area contributed by atoms with Gasteiger partial charge in [0.15, 0.2) is 0 Å². The molecule has 4 N–H and O–H groups in total. The fourth-order valence-electron chi connectivity index (χ4n) is 2.58. The van der Waals surface area contributed by atoms with Gasteiger partial charge in [0, 0.05) is 0 Å². The molecule has 0 saturated heterocycles. The molecule has 3 aromatic rings. The summed E-state index contributed by atoms with van der Waals surface area (Å²) in [6, 6.07) is 16.7. The number of carbonyl (C=O) groups excluding carboxylic acids is 2. The number of sulfonamides is 1. The van der Waals surface area contributed by atoms with Crippen LogP contribution < -0.4 is 15.8 Å². The first kappa shape index (κ1) is 22.5. The number of rotatable bonds is 7. The van der Waals surface area contributed by atoms with Crippen LogP contribution in [-0.2, 0) is 32.6 Å². The number of ether oxygens (including phenoxy) is 1. The molecular weight excluding hydrogens is 442 g/mol. The van der Waals surface area contributed by atoms with Crippen LogP contribution in [0, 0.1) is 0 Å². The Balaban J connectivity index is 1.84. The number of carbonyl (C=O) groups is 2. The van der Waals surface area contributed by atoms with Gasteiger partial charge in [-0.3, -0.25) is 4.79 Å². The summed E-state index contributed by atoms with van der Waals surface area (Å²) in [5, 5.41) is 11.8. The Bertz CT molecular complexity index is 1150. The Morgan fingerprint density at radius 3 is 2.13 bits per heavy atom. The summed E-state index contributed by atoms with van der Waals surface area (Å²) in [5.41, 5.74) is 7.51. The first-order chi connectivity index (χ1) is 14.8. The number of hydrogen-bond donors (Lipinski definition) is 2. The lowest BCUT2D eigenvalue weighted by Gasteiger charge is -2.21. The molecule has 0 aliphatic rings. The molecule has 3 rings (SSSR count). The third kappa shape index (κ3) is 5.92. The van der Waals surface area contributed by atoms with Crippen molar-refractivity contribution in [2.45, 2.75) is 23.4 Å². The minimum Gasteiger partial charge on any atom is -0.444 e. The Morgan fingerprint density at radius 2 is 1.58 bits per heavy atom. The topological polar surface area (TPSA) is 159 Å². The van der Waals surface area contributed by atoms with E-state index in [0.717, 1.165) is 5.56 Å². The minimum absolute atomic E-state index is 0.113. The van der Waals surface area contributed by atoms with E-state index in [0.29, 0.717) is 21.8 Å². The number of benzene rings is 2. The van der Waals surface area contributed by atoms with E-state index in [1.54, 1.807) is 54.6 Å². The third-order valence-corrected chi connectivity index (χ3v) is 6.27. The largest absolute Gasteiger partial charge is 0.444 e. The van der Waals surface area contributed by atoms with Gasteiger partial charge >= 0.3 is 6.09 Å². The maximum atomic E-state index is 13.0. The number of anilines is 1. The van der Waals surface area contributed by atoms with Crippen molar-refractivity contribution in [2.75, 3.05) is 4.90 Å². The SMILES string of the molecule is N[C@@H](Cc1ccccc1)C(=O)N(C(=O)OCc1ccccc1)c1nnc(S(N)(=O)=O)s1. The lowest BCUT2D eigenvalue weighted by molar-refractivity contribution is -0.119. The van der Waals surface area contributed by atoms with E-state index in [2.05, 4.69) is 10.2 Å². The Hall–Kier alpha value is -3.19. The first-order valence-electron chi connectivity index (χ1n) is 8.96. The van der Waals surface area contributed by atoms with E-state index >= 15 is 0 Å². The van der Waals surface area contributed by atoms with E-state index in [4.69, 9.17) is 15.6 Å². The second-order valence-electron chi connectivity index (χ2n) is 6.41. The molecule has 0 bridgehead atoms. The highest BCUT2D eigenvalue weighted by atomic mass is 32.2. The molecule has 1 aromatic heterocycles. The minimum atomic E-state index is -4.17. The van der Waals surface area contributed by atoms with E-state index in [-0.39, 0.29) is 18.2 Å². The standard InChI is InChI=1S/C19H19N5O5S2/c20-15(11-13-7-3-1-4-8-13)16(25)24(17-22-23-18(30-17)31(21,27)28)19(26)29-12-14-9-5-2-6-10-14/h1-10,15H,11-12,20H2,(H2,21,27,28)/t15-/m0/s1. The van der Waals surface area contributed by atoms with Crippen molar-refractivity contribution in [3.05, 3.63) is 71.8 Å². The van der Waals surface area contributed by atoms with Crippen molar-refractivity contribution in [3.8, 4) is 0 Å². The van der Waals surface area contributed by atoms with Gasteiger partial charge in [-0.15, -0.1) is 10.2 Å². The number of amides is 2. The van der Waals surface area contributed by atoms with Gasteiger partial charge in [-0.1, -0.05) is 72.0 Å². The molecule has 0 saturated carbocycles. The van der Waals surface area contributed by atoms with Gasteiger partial charge in [0.2, 0.25) is 9.47 Å². The van der Waals surface area contributed by atoms with Crippen LogP contribution >= 0.6 is 11.3 Å². The lowest BCUT2D eigenvalue weighted by atomic mass is 10.1. The average molecular weight is 462 g/mol. The molecule has 0 spiro atoms. The van der Waals surface area contributed by atoms with Gasteiger partial charge in [-0.25, -0.2) is 18.4 Å². The maximum Gasteiger partial charge on any atom is 0.423 e. The van der Waals surface area contributed by atoms with Gasteiger partial charge < -0.3 is 10.5 Å². The van der Waals surface area contributed by atoms with Crippen LogP contribution in [0.1, 0.15) is 11.1 Å². The number of nitrogens with zero attached hydrogens (tertiary/aromatic N) is 3. The number of aromatic nitrogens is 2. The summed E-state index contributed by atoms with van der Waals surface area (Å²) in [5.74, 6) is -0.820.